The molecule has 21 heavy (non-hydrogen) atoms. The molecule has 0 saturated carbocycles. The van der Waals surface area contributed by atoms with Crippen LogP contribution >= 0.6 is 0 Å². The molecule has 2 rings (SSSR count). The molecule has 1 saturated heterocycles. The lowest BCUT2D eigenvalue weighted by atomic mass is 10.0. The van der Waals surface area contributed by atoms with E-state index in [4.69, 9.17) is 5.73 Å². The number of hydrogen-bond acceptors (Lipinski definition) is 2. The maximum absolute atomic E-state index is 12.6. The number of hydrogen-bond donors (Lipinski definition) is 1. The van der Waals surface area contributed by atoms with Crippen molar-refractivity contribution in [1.82, 2.24) is 4.90 Å². The van der Waals surface area contributed by atoms with E-state index in [1.54, 1.807) is 0 Å². The molecular formula is C16H23F3N2. The third-order valence-electron chi connectivity index (χ3n) is 4.29. The van der Waals surface area contributed by atoms with Gasteiger partial charge in [0.05, 0.1) is 5.56 Å². The Bertz CT molecular complexity index is 442. The number of halogens is 3. The van der Waals surface area contributed by atoms with E-state index in [1.165, 1.54) is 37.8 Å². The molecule has 0 amide bonds. The average Bonchev–Trinajstić information content (AvgIpc) is 2.63. The number of rotatable bonds is 3. The lowest BCUT2D eigenvalue weighted by Gasteiger charge is -2.29. The van der Waals surface area contributed by atoms with Gasteiger partial charge < -0.3 is 5.73 Å². The van der Waals surface area contributed by atoms with E-state index in [-0.39, 0.29) is 6.04 Å². The van der Waals surface area contributed by atoms with Crippen LogP contribution in [0.3, 0.4) is 0 Å². The van der Waals surface area contributed by atoms with Crippen LogP contribution < -0.4 is 5.73 Å². The van der Waals surface area contributed by atoms with E-state index in [0.29, 0.717) is 12.6 Å². The fourth-order valence-corrected chi connectivity index (χ4v) is 2.88. The Kier molecular flexibility index (Phi) is 5.27. The molecule has 1 fully saturated rings. The summed E-state index contributed by atoms with van der Waals surface area (Å²) in [4.78, 5) is 2.36. The first kappa shape index (κ1) is 16.3. The van der Waals surface area contributed by atoms with Crippen LogP contribution in [0.1, 0.15) is 49.8 Å². The molecule has 0 spiro atoms. The van der Waals surface area contributed by atoms with Crippen LogP contribution in [0.25, 0.3) is 0 Å². The molecule has 0 bridgehead atoms. The molecule has 1 heterocycles. The van der Waals surface area contributed by atoms with Gasteiger partial charge in [0.15, 0.2) is 0 Å². The second-order valence-electron chi connectivity index (χ2n) is 5.92. The molecule has 2 unspecified atom stereocenters. The highest BCUT2D eigenvalue weighted by molar-refractivity contribution is 5.26. The minimum atomic E-state index is -4.29. The van der Waals surface area contributed by atoms with Crippen LogP contribution in [0.15, 0.2) is 24.3 Å². The van der Waals surface area contributed by atoms with Crippen molar-refractivity contribution in [3.63, 3.8) is 0 Å². The zero-order valence-electron chi connectivity index (χ0n) is 12.4. The second kappa shape index (κ2) is 6.79. The Balaban J connectivity index is 2.00. The van der Waals surface area contributed by atoms with Gasteiger partial charge in [-0.15, -0.1) is 0 Å². The molecule has 1 aliphatic rings. The Hall–Kier alpha value is -1.07. The van der Waals surface area contributed by atoms with Crippen LogP contribution in [0.4, 0.5) is 13.2 Å². The summed E-state index contributed by atoms with van der Waals surface area (Å²) < 4.78 is 37.7. The zero-order valence-corrected chi connectivity index (χ0v) is 12.4. The molecule has 2 nitrogen and oxygen atoms in total. The van der Waals surface area contributed by atoms with E-state index in [1.807, 2.05) is 0 Å². The van der Waals surface area contributed by atoms with Crippen molar-refractivity contribution in [3.05, 3.63) is 35.4 Å². The smallest absolute Gasteiger partial charge is 0.323 e. The summed E-state index contributed by atoms with van der Waals surface area (Å²) in [6.45, 7) is 3.92. The first-order chi connectivity index (χ1) is 9.88. The largest absolute Gasteiger partial charge is 0.416 e. The van der Waals surface area contributed by atoms with Crippen LogP contribution in [0.5, 0.6) is 0 Å². The molecule has 1 aromatic carbocycles. The number of likely N-dealkylation sites (tertiary alicyclic amines) is 1. The molecule has 2 atom stereocenters. The van der Waals surface area contributed by atoms with Gasteiger partial charge in [0.2, 0.25) is 0 Å². The fraction of sp³-hybridized carbons (Fsp3) is 0.625. The standard InChI is InChI=1S/C16H23F3N2/c1-12-5-3-2-4-10-21(12)11-15(20)13-6-8-14(9-7-13)16(17,18)19/h6-9,12,15H,2-5,10-11,20H2,1H3. The van der Waals surface area contributed by atoms with Crippen molar-refractivity contribution in [1.29, 1.82) is 0 Å². The minimum Gasteiger partial charge on any atom is -0.323 e. The summed E-state index contributed by atoms with van der Waals surface area (Å²) in [7, 11) is 0. The van der Waals surface area contributed by atoms with Crippen molar-refractivity contribution in [2.75, 3.05) is 13.1 Å². The maximum atomic E-state index is 12.6. The molecule has 5 heteroatoms. The SMILES string of the molecule is CC1CCCCCN1CC(N)c1ccc(C(F)(F)F)cc1. The third-order valence-corrected chi connectivity index (χ3v) is 4.29. The third kappa shape index (κ3) is 4.45. The molecule has 1 aliphatic heterocycles. The van der Waals surface area contributed by atoms with Gasteiger partial charge in [0, 0.05) is 18.6 Å². The highest BCUT2D eigenvalue weighted by Crippen LogP contribution is 2.30. The Labute approximate surface area is 124 Å². The quantitative estimate of drug-likeness (QED) is 0.915. The van der Waals surface area contributed by atoms with Gasteiger partial charge in [-0.05, 0) is 44.0 Å². The molecule has 118 valence electrons. The van der Waals surface area contributed by atoms with E-state index in [2.05, 4.69) is 11.8 Å². The zero-order chi connectivity index (χ0) is 15.5. The first-order valence-electron chi connectivity index (χ1n) is 7.54. The van der Waals surface area contributed by atoms with Crippen molar-refractivity contribution < 1.29 is 13.2 Å². The molecule has 0 radical (unpaired) electrons. The van der Waals surface area contributed by atoms with Crippen molar-refractivity contribution in [2.24, 2.45) is 5.73 Å². The number of alkyl halides is 3. The number of benzene rings is 1. The summed E-state index contributed by atoms with van der Waals surface area (Å²) in [6, 6.07) is 5.47. The predicted octanol–water partition coefficient (Wildman–Crippen LogP) is 3.97. The summed E-state index contributed by atoms with van der Waals surface area (Å²) in [5.41, 5.74) is 6.32. The monoisotopic (exact) mass is 300 g/mol. The normalized spacial score (nSPS) is 22.8. The Morgan fingerprint density at radius 2 is 1.86 bits per heavy atom. The lowest BCUT2D eigenvalue weighted by molar-refractivity contribution is -0.137. The maximum Gasteiger partial charge on any atom is 0.416 e. The van der Waals surface area contributed by atoms with E-state index in [0.717, 1.165) is 24.2 Å². The van der Waals surface area contributed by atoms with Crippen LogP contribution in [-0.4, -0.2) is 24.0 Å². The van der Waals surface area contributed by atoms with Gasteiger partial charge in [0.1, 0.15) is 0 Å². The van der Waals surface area contributed by atoms with Gasteiger partial charge >= 0.3 is 6.18 Å². The first-order valence-corrected chi connectivity index (χ1v) is 7.54. The van der Waals surface area contributed by atoms with Crippen LogP contribution in [0.2, 0.25) is 0 Å². The molecule has 0 aliphatic carbocycles. The summed E-state index contributed by atoms with van der Waals surface area (Å²) in [5, 5.41) is 0. The van der Waals surface area contributed by atoms with Crippen molar-refractivity contribution >= 4 is 0 Å². The van der Waals surface area contributed by atoms with Gasteiger partial charge in [0.25, 0.3) is 0 Å². The molecule has 0 aromatic heterocycles. The molecule has 2 N–H and O–H groups in total. The van der Waals surface area contributed by atoms with E-state index in [9.17, 15) is 13.2 Å². The van der Waals surface area contributed by atoms with Gasteiger partial charge in [-0.3, -0.25) is 4.90 Å². The van der Waals surface area contributed by atoms with Gasteiger partial charge in [-0.1, -0.05) is 25.0 Å². The summed E-state index contributed by atoms with van der Waals surface area (Å²) >= 11 is 0. The van der Waals surface area contributed by atoms with Crippen LogP contribution in [0, 0.1) is 0 Å². The Morgan fingerprint density at radius 1 is 1.19 bits per heavy atom. The summed E-state index contributed by atoms with van der Waals surface area (Å²) in [6.07, 6.45) is 0.537. The van der Waals surface area contributed by atoms with E-state index < -0.39 is 11.7 Å². The number of nitrogens with two attached hydrogens (primary N) is 1. The second-order valence-corrected chi connectivity index (χ2v) is 5.92. The highest BCUT2D eigenvalue weighted by atomic mass is 19.4. The average molecular weight is 300 g/mol. The number of nitrogens with zero attached hydrogens (tertiary/aromatic N) is 1. The van der Waals surface area contributed by atoms with E-state index >= 15 is 0 Å². The van der Waals surface area contributed by atoms with Gasteiger partial charge in [-0.2, -0.15) is 13.2 Å². The minimum absolute atomic E-state index is 0.243. The summed E-state index contributed by atoms with van der Waals surface area (Å²) in [5.74, 6) is 0. The highest BCUT2D eigenvalue weighted by Gasteiger charge is 2.30. The Morgan fingerprint density at radius 3 is 2.48 bits per heavy atom. The van der Waals surface area contributed by atoms with Gasteiger partial charge in [-0.25, -0.2) is 0 Å². The fourth-order valence-electron chi connectivity index (χ4n) is 2.88. The van der Waals surface area contributed by atoms with Crippen molar-refractivity contribution in [2.45, 2.75) is 50.9 Å². The van der Waals surface area contributed by atoms with Crippen LogP contribution in [-0.2, 0) is 6.18 Å². The van der Waals surface area contributed by atoms with Crippen molar-refractivity contribution in [3.8, 4) is 0 Å². The predicted molar refractivity (Wildman–Crippen MR) is 77.9 cm³/mol. The lowest BCUT2D eigenvalue weighted by Crippen LogP contribution is -2.38. The topological polar surface area (TPSA) is 29.3 Å². The molecular weight excluding hydrogens is 277 g/mol. The molecule has 1 aromatic rings.